The van der Waals surface area contributed by atoms with Gasteiger partial charge in [0.25, 0.3) is 5.91 Å². The minimum atomic E-state index is -3.58. The normalized spacial score (nSPS) is 27.0. The topological polar surface area (TPSA) is 171 Å². The Balaban J connectivity index is 1.40. The highest BCUT2D eigenvalue weighted by atomic mass is 32.2. The standard InChI is InChI=1S/C40H65N5O7S/c1-8-22-41-34(48)31(46)28(23-26-16-17-26)42-33(47)30-29-27(38(29,5)6)24-45(30)35(49)32(39(7)18-12-10-13-19-39)43-36(50)44-40(20-14-11-15-21-40)25-53(51,52)37(3,4)9-2/h8,26-30,32H,1,9-25H2,2-7H3,(H,41,48)(H,42,47)(H2,43,44,50)/t27?,28?,29-,30-,32+/m0/s1. The second-order valence-electron chi connectivity index (χ2n) is 18.5. The number of sulfone groups is 1. The van der Waals surface area contributed by atoms with Crippen LogP contribution in [0.3, 0.4) is 0 Å². The van der Waals surface area contributed by atoms with E-state index in [0.29, 0.717) is 45.1 Å². The van der Waals surface area contributed by atoms with E-state index in [0.717, 1.165) is 51.4 Å². The van der Waals surface area contributed by atoms with Gasteiger partial charge in [0.2, 0.25) is 17.6 Å². The van der Waals surface area contributed by atoms with Crippen molar-refractivity contribution in [2.75, 3.05) is 18.8 Å². The maximum Gasteiger partial charge on any atom is 0.315 e. The minimum Gasteiger partial charge on any atom is -0.346 e. The van der Waals surface area contributed by atoms with Gasteiger partial charge in [0.05, 0.1) is 22.1 Å². The Labute approximate surface area is 317 Å². The van der Waals surface area contributed by atoms with Gasteiger partial charge >= 0.3 is 6.03 Å². The summed E-state index contributed by atoms with van der Waals surface area (Å²) < 4.78 is 26.4. The lowest BCUT2D eigenvalue weighted by molar-refractivity contribution is -0.146. The summed E-state index contributed by atoms with van der Waals surface area (Å²) in [6, 6.07) is -3.38. The number of hydrogen-bond acceptors (Lipinski definition) is 7. The Kier molecular flexibility index (Phi) is 12.2. The first-order valence-electron chi connectivity index (χ1n) is 20.2. The molecule has 0 spiro atoms. The third-order valence-electron chi connectivity index (χ3n) is 13.9. The molecule has 0 radical (unpaired) electrons. The first-order chi connectivity index (χ1) is 24.8. The van der Waals surface area contributed by atoms with Crippen LogP contribution in [-0.4, -0.2) is 90.1 Å². The predicted octanol–water partition coefficient (Wildman–Crippen LogP) is 4.57. The molecule has 5 atom stereocenters. The monoisotopic (exact) mass is 759 g/mol. The number of hydrogen-bond donors (Lipinski definition) is 4. The number of amides is 5. The molecule has 5 fully saturated rings. The molecular weight excluding hydrogens is 695 g/mol. The van der Waals surface area contributed by atoms with Gasteiger partial charge in [-0.1, -0.05) is 85.1 Å². The highest BCUT2D eigenvalue weighted by molar-refractivity contribution is 7.92. The van der Waals surface area contributed by atoms with E-state index in [1.165, 1.54) is 6.08 Å². The quantitative estimate of drug-likeness (QED) is 0.132. The zero-order valence-electron chi connectivity index (χ0n) is 33.0. The molecule has 1 saturated heterocycles. The number of ketones is 1. The van der Waals surface area contributed by atoms with E-state index >= 15 is 0 Å². The van der Waals surface area contributed by atoms with Gasteiger partial charge < -0.3 is 26.2 Å². The molecular formula is C40H65N5O7S. The lowest BCUT2D eigenvalue weighted by atomic mass is 9.70. The molecule has 298 valence electrons. The van der Waals surface area contributed by atoms with Crippen LogP contribution < -0.4 is 21.3 Å². The molecule has 5 rings (SSSR count). The fraction of sp³-hybridized carbons (Fsp3) is 0.825. The van der Waals surface area contributed by atoms with Gasteiger partial charge in [-0.05, 0) is 81.0 Å². The summed E-state index contributed by atoms with van der Waals surface area (Å²) in [5.74, 6) is -2.25. The van der Waals surface area contributed by atoms with Crippen molar-refractivity contribution in [2.24, 2.45) is 28.6 Å². The zero-order valence-corrected chi connectivity index (χ0v) is 33.8. The number of nitrogens with one attached hydrogen (secondary N) is 4. The Morgan fingerprint density at radius 2 is 1.53 bits per heavy atom. The summed E-state index contributed by atoms with van der Waals surface area (Å²) >= 11 is 0. The number of carbonyl (C=O) groups excluding carboxylic acids is 5. The summed E-state index contributed by atoms with van der Waals surface area (Å²) in [4.78, 5) is 71.0. The fourth-order valence-corrected chi connectivity index (χ4v) is 11.4. The summed E-state index contributed by atoms with van der Waals surface area (Å²) in [5, 5.41) is 11.6. The molecule has 5 aliphatic rings. The van der Waals surface area contributed by atoms with Gasteiger partial charge in [0, 0.05) is 13.1 Å². The predicted molar refractivity (Wildman–Crippen MR) is 204 cm³/mol. The highest BCUT2D eigenvalue weighted by Gasteiger charge is 2.70. The van der Waals surface area contributed by atoms with Crippen molar-refractivity contribution < 1.29 is 32.4 Å². The number of nitrogens with zero attached hydrogens (tertiary/aromatic N) is 1. The van der Waals surface area contributed by atoms with Crippen LogP contribution in [0.15, 0.2) is 12.7 Å². The SMILES string of the molecule is C=CCNC(=O)C(=O)C(CC1CC1)NC(=O)[C@@H]1[C@@H]2C(CN1C(=O)[C@@H](NC(=O)NC1(CS(=O)(=O)C(C)(C)CC)CCCCC1)C1(C)CCCCC1)C2(C)C. The Hall–Kier alpha value is -2.96. The zero-order chi connectivity index (χ0) is 39.0. The van der Waals surface area contributed by atoms with Crippen molar-refractivity contribution in [3.8, 4) is 0 Å². The van der Waals surface area contributed by atoms with E-state index in [2.05, 4.69) is 41.7 Å². The molecule has 0 aromatic heterocycles. The van der Waals surface area contributed by atoms with E-state index in [1.54, 1.807) is 18.7 Å². The number of fused-ring (bicyclic) bond motifs is 1. The van der Waals surface area contributed by atoms with Crippen LogP contribution in [-0.2, 0) is 29.0 Å². The first kappa shape index (κ1) is 41.2. The van der Waals surface area contributed by atoms with Crippen molar-refractivity contribution in [2.45, 2.75) is 160 Å². The number of rotatable bonds is 16. The Bertz CT molecular complexity index is 1540. The minimum absolute atomic E-state index is 0.0712. The molecule has 5 amide bonds. The maximum absolute atomic E-state index is 14.9. The summed E-state index contributed by atoms with van der Waals surface area (Å²) in [6.45, 7) is 15.6. The molecule has 0 aromatic carbocycles. The Morgan fingerprint density at radius 3 is 2.09 bits per heavy atom. The first-order valence-corrected chi connectivity index (χ1v) is 21.8. The number of Topliss-reactive ketones (excluding diaryl/α,β-unsaturated/α-hetero) is 1. The molecule has 13 heteroatoms. The van der Waals surface area contributed by atoms with Crippen molar-refractivity contribution >= 4 is 39.4 Å². The third-order valence-corrected chi connectivity index (χ3v) is 16.8. The number of urea groups is 1. The van der Waals surface area contributed by atoms with E-state index in [-0.39, 0.29) is 41.4 Å². The average molecular weight is 760 g/mol. The number of carbonyl (C=O) groups is 5. The van der Waals surface area contributed by atoms with Crippen LogP contribution in [0.4, 0.5) is 4.79 Å². The molecule has 1 aliphatic heterocycles. The van der Waals surface area contributed by atoms with Crippen LogP contribution in [0, 0.1) is 28.6 Å². The van der Waals surface area contributed by atoms with Crippen LogP contribution in [0.25, 0.3) is 0 Å². The third kappa shape index (κ3) is 8.80. The molecule has 4 N–H and O–H groups in total. The summed E-state index contributed by atoms with van der Waals surface area (Å²) in [7, 11) is -3.58. The highest BCUT2D eigenvalue weighted by Crippen LogP contribution is 2.65. The van der Waals surface area contributed by atoms with E-state index in [1.807, 2.05) is 13.8 Å². The van der Waals surface area contributed by atoms with Crippen molar-refractivity contribution in [1.82, 2.24) is 26.2 Å². The van der Waals surface area contributed by atoms with Gasteiger partial charge in [0.15, 0.2) is 9.84 Å². The second-order valence-corrected chi connectivity index (χ2v) is 21.1. The van der Waals surface area contributed by atoms with Crippen molar-refractivity contribution in [3.63, 3.8) is 0 Å². The van der Waals surface area contributed by atoms with Crippen molar-refractivity contribution in [1.29, 1.82) is 0 Å². The lowest BCUT2D eigenvalue weighted by Gasteiger charge is -2.44. The molecule has 1 heterocycles. The molecule has 53 heavy (non-hydrogen) atoms. The van der Waals surface area contributed by atoms with E-state index in [9.17, 15) is 32.4 Å². The van der Waals surface area contributed by atoms with Crippen molar-refractivity contribution in [3.05, 3.63) is 12.7 Å². The Morgan fingerprint density at radius 1 is 0.925 bits per heavy atom. The largest absolute Gasteiger partial charge is 0.346 e. The van der Waals surface area contributed by atoms with Gasteiger partial charge in [-0.3, -0.25) is 19.2 Å². The van der Waals surface area contributed by atoms with E-state index in [4.69, 9.17) is 0 Å². The van der Waals surface area contributed by atoms with Gasteiger partial charge in [-0.15, -0.1) is 6.58 Å². The van der Waals surface area contributed by atoms with Gasteiger partial charge in [0.1, 0.15) is 12.1 Å². The number of piperidine rings is 1. The fourth-order valence-electron chi connectivity index (χ4n) is 9.47. The molecule has 2 unspecified atom stereocenters. The molecule has 4 saturated carbocycles. The second kappa shape index (κ2) is 15.6. The molecule has 12 nitrogen and oxygen atoms in total. The molecule has 0 aromatic rings. The van der Waals surface area contributed by atoms with Crippen LogP contribution in [0.5, 0.6) is 0 Å². The number of likely N-dealkylation sites (tertiary alicyclic amines) is 1. The molecule has 4 aliphatic carbocycles. The maximum atomic E-state index is 14.9. The lowest BCUT2D eigenvalue weighted by Crippen LogP contribution is -2.65. The van der Waals surface area contributed by atoms with E-state index < -0.39 is 67.3 Å². The summed E-state index contributed by atoms with van der Waals surface area (Å²) in [5.41, 5.74) is -1.73. The van der Waals surface area contributed by atoms with Crippen LogP contribution >= 0.6 is 0 Å². The molecule has 0 bridgehead atoms. The average Bonchev–Trinajstić information content (AvgIpc) is 3.96. The van der Waals surface area contributed by atoms with Crippen LogP contribution in [0.2, 0.25) is 0 Å². The van der Waals surface area contributed by atoms with Gasteiger partial charge in [-0.25, -0.2) is 13.2 Å². The summed E-state index contributed by atoms with van der Waals surface area (Å²) in [6.07, 6.45) is 12.0. The smallest absolute Gasteiger partial charge is 0.315 e. The van der Waals surface area contributed by atoms with Crippen LogP contribution in [0.1, 0.15) is 131 Å². The van der Waals surface area contributed by atoms with Gasteiger partial charge in [-0.2, -0.15) is 0 Å².